The van der Waals surface area contributed by atoms with E-state index in [1.807, 2.05) is 51.1 Å². The normalized spacial score (nSPS) is 11.4. The van der Waals surface area contributed by atoms with Crippen molar-refractivity contribution in [3.05, 3.63) is 30.3 Å². The molecule has 0 aromatic heterocycles. The van der Waals surface area contributed by atoms with Gasteiger partial charge in [-0.15, -0.1) is 0 Å². The van der Waals surface area contributed by atoms with Gasteiger partial charge in [0, 0.05) is 10.3 Å². The molecule has 0 N–H and O–H groups in total. The Balaban J connectivity index is 2.46. The number of carbonyl (C=O) groups is 1. The molecule has 0 saturated carbocycles. The van der Waals surface area contributed by atoms with Crippen LogP contribution in [0.2, 0.25) is 0 Å². The van der Waals surface area contributed by atoms with Crippen molar-refractivity contribution in [3.63, 3.8) is 0 Å². The second kappa shape index (κ2) is 4.89. The van der Waals surface area contributed by atoms with Crippen LogP contribution in [0.4, 0.5) is 0 Å². The Hall–Kier alpha value is -0.410. The molecule has 3 heteroatoms. The van der Waals surface area contributed by atoms with Crippen molar-refractivity contribution >= 4 is 26.7 Å². The van der Waals surface area contributed by atoms with Gasteiger partial charge in [0.2, 0.25) is 5.12 Å². The summed E-state index contributed by atoms with van der Waals surface area (Å²) in [6.45, 7) is 5.82. The fourth-order valence-corrected chi connectivity index (χ4v) is 2.98. The van der Waals surface area contributed by atoms with E-state index in [0.717, 1.165) is 4.90 Å². The summed E-state index contributed by atoms with van der Waals surface area (Å²) in [5.41, 5.74) is -0.257. The molecule has 0 aliphatic heterocycles. The topological polar surface area (TPSA) is 17.1 Å². The van der Waals surface area contributed by atoms with Crippen LogP contribution in [0.3, 0.4) is 0 Å². The van der Waals surface area contributed by atoms with E-state index in [4.69, 9.17) is 0 Å². The van der Waals surface area contributed by atoms with Crippen molar-refractivity contribution in [2.24, 2.45) is 5.41 Å². The summed E-state index contributed by atoms with van der Waals surface area (Å²) < 4.78 is 0. The first-order valence-corrected chi connectivity index (χ1v) is 6.59. The summed E-state index contributed by atoms with van der Waals surface area (Å²) in [5.74, 6) is 0. The fourth-order valence-electron chi connectivity index (χ4n) is 0.687. The van der Waals surface area contributed by atoms with Crippen LogP contribution in [-0.2, 0) is 4.79 Å². The van der Waals surface area contributed by atoms with Crippen LogP contribution < -0.4 is 0 Å². The maximum Gasteiger partial charge on any atom is 0.205 e. The summed E-state index contributed by atoms with van der Waals surface area (Å²) in [6, 6.07) is 9.94. The zero-order valence-electron chi connectivity index (χ0n) is 8.61. The lowest BCUT2D eigenvalue weighted by atomic mass is 10.00. The maximum absolute atomic E-state index is 11.6. The lowest BCUT2D eigenvalue weighted by molar-refractivity contribution is -0.117. The highest BCUT2D eigenvalue weighted by atomic mass is 33.1. The molecule has 76 valence electrons. The van der Waals surface area contributed by atoms with Crippen LogP contribution in [-0.4, -0.2) is 5.12 Å². The molecule has 1 nitrogen and oxygen atoms in total. The van der Waals surface area contributed by atoms with Crippen LogP contribution in [0.1, 0.15) is 20.8 Å². The van der Waals surface area contributed by atoms with Crippen LogP contribution in [0.5, 0.6) is 0 Å². The quantitative estimate of drug-likeness (QED) is 0.710. The highest BCUT2D eigenvalue weighted by Gasteiger charge is 2.21. The minimum atomic E-state index is -0.257. The van der Waals surface area contributed by atoms with Crippen LogP contribution in [0, 0.1) is 5.41 Å². The van der Waals surface area contributed by atoms with Crippen molar-refractivity contribution < 1.29 is 4.79 Å². The Morgan fingerprint density at radius 3 is 2.21 bits per heavy atom. The second-order valence-electron chi connectivity index (χ2n) is 4.02. The van der Waals surface area contributed by atoms with Gasteiger partial charge in [-0.25, -0.2) is 0 Å². The fraction of sp³-hybridized carbons (Fsp3) is 0.364. The van der Waals surface area contributed by atoms with Crippen LogP contribution >= 0.6 is 21.6 Å². The number of carbonyl (C=O) groups excluding carboxylic acids is 1. The number of rotatable bonds is 2. The van der Waals surface area contributed by atoms with E-state index in [1.165, 1.54) is 21.6 Å². The van der Waals surface area contributed by atoms with Crippen LogP contribution in [0.15, 0.2) is 35.2 Å². The van der Waals surface area contributed by atoms with E-state index in [1.54, 1.807) is 0 Å². The van der Waals surface area contributed by atoms with Gasteiger partial charge in [-0.2, -0.15) is 0 Å². The molecule has 0 spiro atoms. The maximum atomic E-state index is 11.6. The molecular formula is C11H14OS2. The smallest absolute Gasteiger partial charge is 0.205 e. The Labute approximate surface area is 93.1 Å². The van der Waals surface area contributed by atoms with Gasteiger partial charge in [-0.3, -0.25) is 4.79 Å². The Kier molecular flexibility index (Phi) is 4.08. The summed E-state index contributed by atoms with van der Waals surface area (Å²) in [7, 11) is 2.84. The molecule has 1 rings (SSSR count). The number of benzene rings is 1. The molecule has 14 heavy (non-hydrogen) atoms. The summed E-state index contributed by atoms with van der Waals surface area (Å²) in [5, 5.41) is 0.214. The first kappa shape index (κ1) is 11.7. The van der Waals surface area contributed by atoms with Gasteiger partial charge in [-0.05, 0) is 33.7 Å². The molecule has 0 saturated heterocycles. The lowest BCUT2D eigenvalue weighted by Crippen LogP contribution is -2.15. The van der Waals surface area contributed by atoms with Crippen molar-refractivity contribution in [1.82, 2.24) is 0 Å². The Morgan fingerprint density at radius 1 is 1.14 bits per heavy atom. The van der Waals surface area contributed by atoms with Crippen LogP contribution in [0.25, 0.3) is 0 Å². The average Bonchev–Trinajstić information content (AvgIpc) is 2.14. The van der Waals surface area contributed by atoms with E-state index >= 15 is 0 Å². The molecule has 0 fully saturated rings. The van der Waals surface area contributed by atoms with Gasteiger partial charge in [0.1, 0.15) is 0 Å². The molecule has 0 atom stereocenters. The van der Waals surface area contributed by atoms with E-state index < -0.39 is 0 Å². The summed E-state index contributed by atoms with van der Waals surface area (Å²) >= 11 is 0. The first-order chi connectivity index (χ1) is 6.50. The average molecular weight is 226 g/mol. The second-order valence-corrected chi connectivity index (χ2v) is 6.19. The van der Waals surface area contributed by atoms with Crippen molar-refractivity contribution in [1.29, 1.82) is 0 Å². The SMILES string of the molecule is CC(C)(C)C(=O)SSc1ccccc1. The predicted octanol–water partition coefficient (Wildman–Crippen LogP) is 4.00. The predicted molar refractivity (Wildman–Crippen MR) is 64.4 cm³/mol. The minimum Gasteiger partial charge on any atom is -0.286 e. The van der Waals surface area contributed by atoms with Crippen molar-refractivity contribution in [2.75, 3.05) is 0 Å². The molecule has 0 aliphatic rings. The van der Waals surface area contributed by atoms with E-state index in [2.05, 4.69) is 0 Å². The van der Waals surface area contributed by atoms with Gasteiger partial charge in [0.15, 0.2) is 0 Å². The highest BCUT2D eigenvalue weighted by molar-refractivity contribution is 8.82. The van der Waals surface area contributed by atoms with Crippen molar-refractivity contribution in [2.45, 2.75) is 25.7 Å². The Morgan fingerprint density at radius 2 is 1.71 bits per heavy atom. The largest absolute Gasteiger partial charge is 0.286 e. The van der Waals surface area contributed by atoms with Crippen molar-refractivity contribution in [3.8, 4) is 0 Å². The van der Waals surface area contributed by atoms with E-state index in [0.29, 0.717) is 0 Å². The highest BCUT2D eigenvalue weighted by Crippen LogP contribution is 2.36. The third-order valence-electron chi connectivity index (χ3n) is 1.57. The zero-order valence-corrected chi connectivity index (χ0v) is 10.2. The molecule has 1 aromatic carbocycles. The lowest BCUT2D eigenvalue weighted by Gasteiger charge is -2.14. The molecule has 0 amide bonds. The first-order valence-electron chi connectivity index (χ1n) is 4.44. The molecule has 0 unspecified atom stereocenters. The number of hydrogen-bond acceptors (Lipinski definition) is 3. The molecule has 0 heterocycles. The molecular weight excluding hydrogens is 212 g/mol. The molecule has 0 radical (unpaired) electrons. The molecule has 0 bridgehead atoms. The standard InChI is InChI=1S/C11H14OS2/c1-11(2,3)10(12)14-13-9-7-5-4-6-8-9/h4-8H,1-3H3. The van der Waals surface area contributed by atoms with Gasteiger partial charge in [0.25, 0.3) is 0 Å². The zero-order chi connectivity index (χ0) is 10.6. The van der Waals surface area contributed by atoms with Gasteiger partial charge < -0.3 is 0 Å². The molecule has 1 aromatic rings. The monoisotopic (exact) mass is 226 g/mol. The minimum absolute atomic E-state index is 0.214. The Bertz CT molecular complexity index is 301. The number of hydrogen-bond donors (Lipinski definition) is 0. The van der Waals surface area contributed by atoms with Gasteiger partial charge in [0.05, 0.1) is 0 Å². The summed E-state index contributed by atoms with van der Waals surface area (Å²) in [6.07, 6.45) is 0. The van der Waals surface area contributed by atoms with E-state index in [9.17, 15) is 4.79 Å². The van der Waals surface area contributed by atoms with Gasteiger partial charge in [-0.1, -0.05) is 39.0 Å². The van der Waals surface area contributed by atoms with E-state index in [-0.39, 0.29) is 10.5 Å². The third-order valence-corrected chi connectivity index (χ3v) is 4.16. The molecule has 0 aliphatic carbocycles. The van der Waals surface area contributed by atoms with Gasteiger partial charge >= 0.3 is 0 Å². The summed E-state index contributed by atoms with van der Waals surface area (Å²) in [4.78, 5) is 12.7. The third kappa shape index (κ3) is 3.76.